The summed E-state index contributed by atoms with van der Waals surface area (Å²) < 4.78 is 13.1. The number of halogens is 1. The zero-order valence-corrected chi connectivity index (χ0v) is 9.67. The van der Waals surface area contributed by atoms with Crippen molar-refractivity contribution < 1.29 is 4.39 Å². The van der Waals surface area contributed by atoms with Crippen LogP contribution in [0.2, 0.25) is 0 Å². The SMILES string of the molecule is N#Cc1cc(F)cc(NCC[C@H]2CCCN2)c1. The second-order valence-electron chi connectivity index (χ2n) is 4.35. The lowest BCUT2D eigenvalue weighted by molar-refractivity contribution is 0.574. The first kappa shape index (κ1) is 11.9. The van der Waals surface area contributed by atoms with Crippen LogP contribution in [-0.2, 0) is 0 Å². The maximum absolute atomic E-state index is 13.1. The van der Waals surface area contributed by atoms with Crippen molar-refractivity contribution in [1.82, 2.24) is 5.32 Å². The average molecular weight is 233 g/mol. The van der Waals surface area contributed by atoms with Crippen LogP contribution in [0.25, 0.3) is 0 Å². The number of nitrogens with one attached hydrogen (secondary N) is 2. The van der Waals surface area contributed by atoms with E-state index in [4.69, 9.17) is 5.26 Å². The van der Waals surface area contributed by atoms with Crippen molar-refractivity contribution in [3.05, 3.63) is 29.6 Å². The van der Waals surface area contributed by atoms with E-state index >= 15 is 0 Å². The van der Waals surface area contributed by atoms with Crippen LogP contribution in [0.1, 0.15) is 24.8 Å². The minimum Gasteiger partial charge on any atom is -0.385 e. The summed E-state index contributed by atoms with van der Waals surface area (Å²) in [5.74, 6) is -0.370. The van der Waals surface area contributed by atoms with Gasteiger partial charge >= 0.3 is 0 Å². The van der Waals surface area contributed by atoms with Crippen molar-refractivity contribution in [3.63, 3.8) is 0 Å². The summed E-state index contributed by atoms with van der Waals surface area (Å²) in [5, 5.41) is 15.3. The van der Waals surface area contributed by atoms with Gasteiger partial charge in [-0.2, -0.15) is 5.26 Å². The summed E-state index contributed by atoms with van der Waals surface area (Å²) in [4.78, 5) is 0. The van der Waals surface area contributed by atoms with Gasteiger partial charge in [0, 0.05) is 18.3 Å². The third-order valence-corrected chi connectivity index (χ3v) is 3.01. The molecule has 1 heterocycles. The van der Waals surface area contributed by atoms with E-state index in [-0.39, 0.29) is 5.82 Å². The van der Waals surface area contributed by atoms with Crippen LogP contribution in [0.15, 0.2) is 18.2 Å². The van der Waals surface area contributed by atoms with E-state index in [1.54, 1.807) is 6.07 Å². The molecule has 1 aliphatic rings. The number of nitriles is 1. The molecule has 1 atom stereocenters. The third kappa shape index (κ3) is 3.43. The molecule has 1 aliphatic heterocycles. The lowest BCUT2D eigenvalue weighted by Gasteiger charge is -2.11. The van der Waals surface area contributed by atoms with Crippen molar-refractivity contribution in [1.29, 1.82) is 5.26 Å². The van der Waals surface area contributed by atoms with Crippen molar-refractivity contribution >= 4 is 5.69 Å². The van der Waals surface area contributed by atoms with Crippen molar-refractivity contribution in [2.45, 2.75) is 25.3 Å². The lowest BCUT2D eigenvalue weighted by atomic mass is 10.1. The Bertz CT molecular complexity index is 419. The van der Waals surface area contributed by atoms with Gasteiger partial charge in [0.1, 0.15) is 5.82 Å². The average Bonchev–Trinajstić information content (AvgIpc) is 2.81. The van der Waals surface area contributed by atoms with E-state index in [2.05, 4.69) is 10.6 Å². The van der Waals surface area contributed by atoms with E-state index in [1.165, 1.54) is 25.0 Å². The molecule has 0 spiro atoms. The second kappa shape index (κ2) is 5.65. The number of anilines is 1. The molecular formula is C13H16FN3. The summed E-state index contributed by atoms with van der Waals surface area (Å²) in [6.45, 7) is 1.90. The molecule has 0 aliphatic carbocycles. The Morgan fingerprint density at radius 3 is 3.06 bits per heavy atom. The van der Waals surface area contributed by atoms with Gasteiger partial charge in [-0.25, -0.2) is 4.39 Å². The smallest absolute Gasteiger partial charge is 0.126 e. The maximum atomic E-state index is 13.1. The first-order chi connectivity index (χ1) is 8.28. The molecule has 1 aromatic rings. The van der Waals surface area contributed by atoms with Crippen LogP contribution in [0.3, 0.4) is 0 Å². The van der Waals surface area contributed by atoms with Gasteiger partial charge < -0.3 is 10.6 Å². The van der Waals surface area contributed by atoms with Gasteiger partial charge in [-0.3, -0.25) is 0 Å². The lowest BCUT2D eigenvalue weighted by Crippen LogP contribution is -2.24. The molecule has 0 unspecified atom stereocenters. The van der Waals surface area contributed by atoms with E-state index in [1.807, 2.05) is 6.07 Å². The molecular weight excluding hydrogens is 217 g/mol. The Balaban J connectivity index is 1.85. The van der Waals surface area contributed by atoms with E-state index < -0.39 is 0 Å². The monoisotopic (exact) mass is 233 g/mol. The maximum Gasteiger partial charge on any atom is 0.126 e. The molecule has 3 nitrogen and oxygen atoms in total. The van der Waals surface area contributed by atoms with Crippen molar-refractivity contribution in [2.24, 2.45) is 0 Å². The van der Waals surface area contributed by atoms with Crippen LogP contribution in [0.4, 0.5) is 10.1 Å². The number of hydrogen-bond acceptors (Lipinski definition) is 3. The molecule has 0 saturated carbocycles. The highest BCUT2D eigenvalue weighted by atomic mass is 19.1. The van der Waals surface area contributed by atoms with Crippen LogP contribution in [-0.4, -0.2) is 19.1 Å². The molecule has 90 valence electrons. The van der Waals surface area contributed by atoms with Crippen LogP contribution < -0.4 is 10.6 Å². The first-order valence-electron chi connectivity index (χ1n) is 5.96. The van der Waals surface area contributed by atoms with E-state index in [0.29, 0.717) is 17.3 Å². The Labute approximate surface area is 101 Å². The van der Waals surface area contributed by atoms with Crippen LogP contribution in [0.5, 0.6) is 0 Å². The Morgan fingerprint density at radius 2 is 2.35 bits per heavy atom. The number of rotatable bonds is 4. The minimum atomic E-state index is -0.370. The number of benzene rings is 1. The van der Waals surface area contributed by atoms with Gasteiger partial charge in [-0.05, 0) is 44.0 Å². The molecule has 1 saturated heterocycles. The Morgan fingerprint density at radius 1 is 1.47 bits per heavy atom. The molecule has 2 N–H and O–H groups in total. The molecule has 0 bridgehead atoms. The summed E-state index contributed by atoms with van der Waals surface area (Å²) in [6, 6.07) is 6.85. The molecule has 4 heteroatoms. The van der Waals surface area contributed by atoms with E-state index in [0.717, 1.165) is 19.5 Å². The molecule has 17 heavy (non-hydrogen) atoms. The van der Waals surface area contributed by atoms with Gasteiger partial charge in [-0.15, -0.1) is 0 Å². The third-order valence-electron chi connectivity index (χ3n) is 3.01. The fourth-order valence-electron chi connectivity index (χ4n) is 2.15. The van der Waals surface area contributed by atoms with Crippen molar-refractivity contribution in [2.75, 3.05) is 18.4 Å². The molecule has 1 aromatic carbocycles. The van der Waals surface area contributed by atoms with Gasteiger partial charge in [0.05, 0.1) is 11.6 Å². The molecule has 2 rings (SSSR count). The number of hydrogen-bond donors (Lipinski definition) is 2. The topological polar surface area (TPSA) is 47.9 Å². The van der Waals surface area contributed by atoms with Gasteiger partial charge in [0.2, 0.25) is 0 Å². The summed E-state index contributed by atoms with van der Waals surface area (Å²) in [6.07, 6.45) is 3.48. The fraction of sp³-hybridized carbons (Fsp3) is 0.462. The molecule has 0 amide bonds. The highest BCUT2D eigenvalue weighted by Gasteiger charge is 2.12. The zero-order valence-electron chi connectivity index (χ0n) is 9.67. The second-order valence-corrected chi connectivity index (χ2v) is 4.35. The standard InChI is InChI=1S/C13H16FN3/c14-11-6-10(9-15)7-13(8-11)17-5-3-12-2-1-4-16-12/h6-8,12,16-17H,1-5H2/t12-/m1/s1. The molecule has 1 fully saturated rings. The Kier molecular flexibility index (Phi) is 3.94. The highest BCUT2D eigenvalue weighted by molar-refractivity contribution is 5.49. The van der Waals surface area contributed by atoms with Crippen molar-refractivity contribution in [3.8, 4) is 6.07 Å². The van der Waals surface area contributed by atoms with Gasteiger partial charge in [0.15, 0.2) is 0 Å². The Hall–Kier alpha value is -1.60. The normalized spacial score (nSPS) is 18.9. The molecule has 0 aromatic heterocycles. The van der Waals surface area contributed by atoms with Gasteiger partial charge in [-0.1, -0.05) is 0 Å². The summed E-state index contributed by atoms with van der Waals surface area (Å²) in [5.41, 5.74) is 1.03. The summed E-state index contributed by atoms with van der Waals surface area (Å²) in [7, 11) is 0. The quantitative estimate of drug-likeness (QED) is 0.838. The van der Waals surface area contributed by atoms with Crippen LogP contribution >= 0.6 is 0 Å². The minimum absolute atomic E-state index is 0.353. The molecule has 0 radical (unpaired) electrons. The highest BCUT2D eigenvalue weighted by Crippen LogP contribution is 2.14. The zero-order chi connectivity index (χ0) is 12.1. The fourth-order valence-corrected chi connectivity index (χ4v) is 2.15. The van der Waals surface area contributed by atoms with Crippen LogP contribution in [0, 0.1) is 17.1 Å². The predicted molar refractivity (Wildman–Crippen MR) is 65.2 cm³/mol. The summed E-state index contributed by atoms with van der Waals surface area (Å²) >= 11 is 0. The van der Waals surface area contributed by atoms with Gasteiger partial charge in [0.25, 0.3) is 0 Å². The predicted octanol–water partition coefficient (Wildman–Crippen LogP) is 2.25. The van der Waals surface area contributed by atoms with E-state index in [9.17, 15) is 4.39 Å². The first-order valence-corrected chi connectivity index (χ1v) is 5.96. The number of nitrogens with zero attached hydrogens (tertiary/aromatic N) is 1. The largest absolute Gasteiger partial charge is 0.385 e.